The van der Waals surface area contributed by atoms with Crippen molar-refractivity contribution in [1.82, 2.24) is 0 Å². The van der Waals surface area contributed by atoms with Gasteiger partial charge in [0.2, 0.25) is 19.6 Å². The summed E-state index contributed by atoms with van der Waals surface area (Å²) >= 11 is 0. The Hall–Kier alpha value is -1.78. The maximum absolute atomic E-state index is 11.4. The molecule has 0 aliphatic rings. The second kappa shape index (κ2) is 6.24. The number of benzene rings is 1. The van der Waals surface area contributed by atoms with E-state index >= 15 is 0 Å². The van der Waals surface area contributed by atoms with Gasteiger partial charge < -0.3 is 10.1 Å². The quantitative estimate of drug-likeness (QED) is 0.827. The van der Waals surface area contributed by atoms with Crippen molar-refractivity contribution in [2.75, 3.05) is 5.32 Å². The molecular formula is C13H18BNO3. The number of anilines is 1. The van der Waals surface area contributed by atoms with Crippen LogP contribution in [0.3, 0.4) is 0 Å². The number of ether oxygens (including phenoxy) is 1. The summed E-state index contributed by atoms with van der Waals surface area (Å²) in [6, 6.07) is 3.84. The summed E-state index contributed by atoms with van der Waals surface area (Å²) in [4.78, 5) is 22.2. The number of hydrogen-bond acceptors (Lipinski definition) is 3. The van der Waals surface area contributed by atoms with Crippen LogP contribution in [0.4, 0.5) is 10.5 Å². The van der Waals surface area contributed by atoms with Crippen LogP contribution in [-0.2, 0) is 16.1 Å². The first-order valence-corrected chi connectivity index (χ1v) is 5.97. The molecule has 1 aromatic rings. The Morgan fingerprint density at radius 3 is 2.28 bits per heavy atom. The Morgan fingerprint density at radius 2 is 1.83 bits per heavy atom. The largest absolute Gasteiger partial charge is 0.469 e. The van der Waals surface area contributed by atoms with Crippen molar-refractivity contribution >= 4 is 25.3 Å². The first kappa shape index (κ1) is 14.3. The lowest BCUT2D eigenvalue weighted by atomic mass is 10.0. The van der Waals surface area contributed by atoms with Gasteiger partial charge in [-0.1, -0.05) is 19.1 Å². The molecule has 0 aliphatic carbocycles. The molecule has 0 bridgehead atoms. The van der Waals surface area contributed by atoms with Gasteiger partial charge in [-0.25, -0.2) is 0 Å². The Kier molecular flexibility index (Phi) is 4.95. The summed E-state index contributed by atoms with van der Waals surface area (Å²) < 4.78 is 4.95. The Morgan fingerprint density at radius 1 is 1.28 bits per heavy atom. The van der Waals surface area contributed by atoms with Crippen LogP contribution in [0.25, 0.3) is 0 Å². The Bertz CT molecular complexity index is 448. The third-order valence-corrected chi connectivity index (χ3v) is 2.62. The van der Waals surface area contributed by atoms with Crippen LogP contribution >= 0.6 is 0 Å². The van der Waals surface area contributed by atoms with E-state index in [1.165, 1.54) is 7.85 Å². The van der Waals surface area contributed by atoms with Gasteiger partial charge in [-0.05, 0) is 30.5 Å². The zero-order valence-electron chi connectivity index (χ0n) is 11.3. The van der Waals surface area contributed by atoms with Crippen LogP contribution in [0.5, 0.6) is 0 Å². The van der Waals surface area contributed by atoms with Crippen molar-refractivity contribution in [3.63, 3.8) is 0 Å². The molecule has 0 aromatic heterocycles. The average Bonchev–Trinajstić information content (AvgIpc) is 2.30. The monoisotopic (exact) mass is 247 g/mol. The molecule has 0 aliphatic heterocycles. The first-order chi connectivity index (χ1) is 8.43. The summed E-state index contributed by atoms with van der Waals surface area (Å²) in [5.41, 5.74) is 3.71. The minimum atomic E-state index is -0.298. The summed E-state index contributed by atoms with van der Waals surface area (Å²) in [7, 11) is 1.38. The first-order valence-electron chi connectivity index (χ1n) is 5.97. The van der Waals surface area contributed by atoms with E-state index in [1.807, 2.05) is 32.9 Å². The molecule has 0 saturated carbocycles. The van der Waals surface area contributed by atoms with Crippen LogP contribution in [0.2, 0.25) is 0 Å². The Balaban J connectivity index is 2.90. The van der Waals surface area contributed by atoms with E-state index in [-0.39, 0.29) is 18.4 Å². The zero-order chi connectivity index (χ0) is 13.7. The molecule has 5 heteroatoms. The van der Waals surface area contributed by atoms with E-state index in [1.54, 1.807) is 0 Å². The molecule has 0 fully saturated rings. The highest BCUT2D eigenvalue weighted by Crippen LogP contribution is 2.22. The van der Waals surface area contributed by atoms with Crippen molar-refractivity contribution < 1.29 is 14.3 Å². The minimum absolute atomic E-state index is 0.00561. The lowest BCUT2D eigenvalue weighted by Gasteiger charge is -2.13. The fourth-order valence-electron chi connectivity index (χ4n) is 1.75. The van der Waals surface area contributed by atoms with Gasteiger partial charge in [0.15, 0.2) is 0 Å². The van der Waals surface area contributed by atoms with Crippen LogP contribution < -0.4 is 5.32 Å². The number of hydrogen-bond donors (Lipinski definition) is 1. The molecule has 1 N–H and O–H groups in total. The topological polar surface area (TPSA) is 55.4 Å². The molecule has 0 spiro atoms. The summed E-state index contributed by atoms with van der Waals surface area (Å²) in [5, 5.41) is 2.87. The van der Waals surface area contributed by atoms with Crippen LogP contribution in [0.15, 0.2) is 12.1 Å². The van der Waals surface area contributed by atoms with Gasteiger partial charge in [-0.3, -0.25) is 9.59 Å². The van der Waals surface area contributed by atoms with Crippen LogP contribution in [0.1, 0.15) is 30.0 Å². The standard InChI is InChI=1S/C13H18BNO3/c1-4-11(16)15-12-8(2)5-10(6-9(12)3)7-18-13(14)17/h5-6H,4,7,14H2,1-3H3,(H,15,16). The van der Waals surface area contributed by atoms with Gasteiger partial charge in [-0.15, -0.1) is 0 Å². The predicted molar refractivity (Wildman–Crippen MR) is 73.6 cm³/mol. The maximum Gasteiger partial charge on any atom is 0.243 e. The summed E-state index contributed by atoms with van der Waals surface area (Å²) in [5.74, 6) is -0.303. The molecule has 0 atom stereocenters. The number of aryl methyl sites for hydroxylation is 2. The van der Waals surface area contributed by atoms with Crippen molar-refractivity contribution in [1.29, 1.82) is 0 Å². The smallest absolute Gasteiger partial charge is 0.243 e. The average molecular weight is 247 g/mol. The van der Waals surface area contributed by atoms with Gasteiger partial charge in [0.05, 0.1) is 0 Å². The molecule has 4 nitrogen and oxygen atoms in total. The van der Waals surface area contributed by atoms with Crippen molar-refractivity contribution in [2.45, 2.75) is 33.8 Å². The highest BCUT2D eigenvalue weighted by Gasteiger charge is 2.08. The number of amides is 1. The van der Waals surface area contributed by atoms with E-state index < -0.39 is 0 Å². The Labute approximate surface area is 108 Å². The molecular weight excluding hydrogens is 229 g/mol. The zero-order valence-corrected chi connectivity index (χ0v) is 11.3. The molecule has 0 heterocycles. The summed E-state index contributed by atoms with van der Waals surface area (Å²) in [6.07, 6.45) is 0.452. The van der Waals surface area contributed by atoms with Gasteiger partial charge in [0, 0.05) is 12.1 Å². The fraction of sp³-hybridized carbons (Fsp3) is 0.385. The second-order valence-electron chi connectivity index (χ2n) is 4.29. The van der Waals surface area contributed by atoms with E-state index in [4.69, 9.17) is 4.74 Å². The molecule has 0 saturated heterocycles. The maximum atomic E-state index is 11.4. The van der Waals surface area contributed by atoms with E-state index in [0.29, 0.717) is 6.42 Å². The van der Waals surface area contributed by atoms with Crippen molar-refractivity contribution in [3.05, 3.63) is 28.8 Å². The van der Waals surface area contributed by atoms with Crippen LogP contribution in [0, 0.1) is 13.8 Å². The number of carbonyl (C=O) groups excluding carboxylic acids is 2. The fourth-order valence-corrected chi connectivity index (χ4v) is 1.75. The molecule has 0 radical (unpaired) electrons. The molecule has 1 aromatic carbocycles. The van der Waals surface area contributed by atoms with Gasteiger partial charge in [0.1, 0.15) is 6.61 Å². The van der Waals surface area contributed by atoms with Crippen molar-refractivity contribution in [2.24, 2.45) is 0 Å². The second-order valence-corrected chi connectivity index (χ2v) is 4.29. The SMILES string of the molecule is BC(=O)OCc1cc(C)c(NC(=O)CC)c(C)c1. The number of nitrogens with one attached hydrogen (secondary N) is 1. The third kappa shape index (κ3) is 3.91. The van der Waals surface area contributed by atoms with E-state index in [2.05, 4.69) is 5.32 Å². The third-order valence-electron chi connectivity index (χ3n) is 2.62. The lowest BCUT2D eigenvalue weighted by molar-refractivity contribution is -0.115. The molecule has 1 rings (SSSR count). The number of carbonyl (C=O) groups is 2. The van der Waals surface area contributed by atoms with Gasteiger partial charge in [0.25, 0.3) is 0 Å². The molecule has 18 heavy (non-hydrogen) atoms. The van der Waals surface area contributed by atoms with E-state index in [0.717, 1.165) is 22.4 Å². The molecule has 96 valence electrons. The molecule has 1 amide bonds. The van der Waals surface area contributed by atoms with Crippen LogP contribution in [-0.4, -0.2) is 19.6 Å². The van der Waals surface area contributed by atoms with E-state index in [9.17, 15) is 9.59 Å². The number of rotatable bonds is 4. The lowest BCUT2D eigenvalue weighted by Crippen LogP contribution is -2.12. The minimum Gasteiger partial charge on any atom is -0.469 e. The highest BCUT2D eigenvalue weighted by molar-refractivity contribution is 6.55. The molecule has 0 unspecified atom stereocenters. The summed E-state index contributed by atoms with van der Waals surface area (Å²) in [6.45, 7) is 5.93. The van der Waals surface area contributed by atoms with Gasteiger partial charge >= 0.3 is 0 Å². The highest BCUT2D eigenvalue weighted by atomic mass is 16.5. The normalized spacial score (nSPS) is 9.94. The van der Waals surface area contributed by atoms with Crippen molar-refractivity contribution in [3.8, 4) is 0 Å². The predicted octanol–water partition coefficient (Wildman–Crippen LogP) is 1.92. The van der Waals surface area contributed by atoms with Gasteiger partial charge in [-0.2, -0.15) is 0 Å².